The molecule has 0 radical (unpaired) electrons. The number of hydrogen-bond donors (Lipinski definition) is 1. The molecular weight excluding hydrogens is 517 g/mol. The summed E-state index contributed by atoms with van der Waals surface area (Å²) in [5.41, 5.74) is 1.00. The molecule has 1 aromatic heterocycles. The van der Waals surface area contributed by atoms with E-state index in [2.05, 4.69) is 15.5 Å². The van der Waals surface area contributed by atoms with Crippen molar-refractivity contribution in [3.8, 4) is 0 Å². The van der Waals surface area contributed by atoms with Gasteiger partial charge >= 0.3 is 0 Å². The number of halogens is 3. The first-order valence-corrected chi connectivity index (χ1v) is 12.3. The minimum absolute atomic E-state index is 0.0402. The predicted octanol–water partition coefficient (Wildman–Crippen LogP) is 5.85. The molecule has 1 N–H and O–H groups in total. The van der Waals surface area contributed by atoms with E-state index >= 15 is 0 Å². The van der Waals surface area contributed by atoms with Crippen LogP contribution in [0.3, 0.4) is 0 Å². The van der Waals surface area contributed by atoms with Crippen LogP contribution in [-0.4, -0.2) is 31.3 Å². The molecule has 0 aliphatic carbocycles. The van der Waals surface area contributed by atoms with Crippen LogP contribution in [0.1, 0.15) is 11.4 Å². The average Bonchev–Trinajstić information content (AvgIpc) is 3.09. The molecule has 0 unspecified atom stereocenters. The van der Waals surface area contributed by atoms with Crippen LogP contribution in [0.4, 0.5) is 11.4 Å². The molecule has 8 nitrogen and oxygen atoms in total. The normalized spacial score (nSPS) is 10.9. The van der Waals surface area contributed by atoms with Gasteiger partial charge in [-0.2, -0.15) is 0 Å². The summed E-state index contributed by atoms with van der Waals surface area (Å²) in [5.74, 6) is 1.73. The first kappa shape index (κ1) is 24.7. The number of nitro groups is 1. The summed E-state index contributed by atoms with van der Waals surface area (Å²) in [5, 5.41) is 23.8. The molecule has 0 saturated carbocycles. The summed E-state index contributed by atoms with van der Waals surface area (Å²) >= 11 is 21.0. The monoisotopic (exact) mass is 531 g/mol. The number of thioether (sulfide) groups is 2. The van der Waals surface area contributed by atoms with Gasteiger partial charge in [0, 0.05) is 35.0 Å². The minimum atomic E-state index is -0.555. The van der Waals surface area contributed by atoms with Gasteiger partial charge in [-0.25, -0.2) is 0 Å². The third-order valence-corrected chi connectivity index (χ3v) is 7.11. The smallest absolute Gasteiger partial charge is 0.271 e. The maximum absolute atomic E-state index is 12.3. The van der Waals surface area contributed by atoms with E-state index in [4.69, 9.17) is 34.8 Å². The molecule has 0 atom stereocenters. The number of benzene rings is 2. The molecule has 0 bridgehead atoms. The van der Waals surface area contributed by atoms with Crippen LogP contribution in [0.25, 0.3) is 0 Å². The van der Waals surface area contributed by atoms with E-state index < -0.39 is 4.92 Å². The zero-order chi connectivity index (χ0) is 23.3. The maximum Gasteiger partial charge on any atom is 0.271 e. The van der Waals surface area contributed by atoms with Crippen LogP contribution in [0.5, 0.6) is 0 Å². The number of hydrogen-bond acceptors (Lipinski definition) is 7. The molecule has 0 aliphatic heterocycles. The molecule has 0 fully saturated rings. The van der Waals surface area contributed by atoms with Crippen molar-refractivity contribution in [3.63, 3.8) is 0 Å². The molecule has 32 heavy (non-hydrogen) atoms. The van der Waals surface area contributed by atoms with Gasteiger partial charge in [0.1, 0.15) is 5.82 Å². The molecule has 13 heteroatoms. The average molecular weight is 533 g/mol. The Morgan fingerprint density at radius 1 is 1.12 bits per heavy atom. The lowest BCUT2D eigenvalue weighted by atomic mass is 10.2. The van der Waals surface area contributed by atoms with Crippen LogP contribution in [-0.2, 0) is 23.3 Å². The summed E-state index contributed by atoms with van der Waals surface area (Å²) in [6.45, 7) is 0. The van der Waals surface area contributed by atoms with Gasteiger partial charge in [0.15, 0.2) is 5.16 Å². The molecule has 1 amide bonds. The highest BCUT2D eigenvalue weighted by Gasteiger charge is 2.15. The van der Waals surface area contributed by atoms with Crippen LogP contribution in [0, 0.1) is 10.1 Å². The maximum atomic E-state index is 12.3. The quantitative estimate of drug-likeness (QED) is 0.209. The van der Waals surface area contributed by atoms with E-state index in [1.807, 2.05) is 17.7 Å². The highest BCUT2D eigenvalue weighted by Crippen LogP contribution is 2.28. The third-order valence-electron chi connectivity index (χ3n) is 4.20. The number of rotatable bonds is 9. The van der Waals surface area contributed by atoms with Gasteiger partial charge in [0.25, 0.3) is 5.69 Å². The van der Waals surface area contributed by atoms with Crippen molar-refractivity contribution in [2.75, 3.05) is 11.1 Å². The van der Waals surface area contributed by atoms with Crippen molar-refractivity contribution in [2.24, 2.45) is 7.05 Å². The highest BCUT2D eigenvalue weighted by atomic mass is 35.5. The van der Waals surface area contributed by atoms with E-state index in [0.717, 1.165) is 11.4 Å². The van der Waals surface area contributed by atoms with Gasteiger partial charge in [-0.1, -0.05) is 52.6 Å². The number of nitro benzene ring substituents is 1. The van der Waals surface area contributed by atoms with Crippen LogP contribution >= 0.6 is 58.3 Å². The SMILES string of the molecule is Cn1c(CSCc2ccc(Cl)cc2Cl)nnc1SCC(=O)Nc1cc([N+](=O)[O-])ccc1Cl. The number of non-ortho nitro benzene ring substituents is 1. The lowest BCUT2D eigenvalue weighted by Crippen LogP contribution is -2.15. The highest BCUT2D eigenvalue weighted by molar-refractivity contribution is 7.99. The summed E-state index contributed by atoms with van der Waals surface area (Å²) in [7, 11) is 1.82. The second-order valence-electron chi connectivity index (χ2n) is 6.44. The lowest BCUT2D eigenvalue weighted by molar-refractivity contribution is -0.384. The minimum Gasteiger partial charge on any atom is -0.324 e. The summed E-state index contributed by atoms with van der Waals surface area (Å²) in [6.07, 6.45) is 0. The molecule has 0 spiro atoms. The van der Waals surface area contributed by atoms with Crippen molar-refractivity contribution < 1.29 is 9.72 Å². The number of nitrogens with one attached hydrogen (secondary N) is 1. The van der Waals surface area contributed by atoms with Crippen molar-refractivity contribution in [1.29, 1.82) is 0 Å². The fraction of sp³-hybridized carbons (Fsp3) is 0.211. The van der Waals surface area contributed by atoms with Gasteiger partial charge in [-0.3, -0.25) is 14.9 Å². The Morgan fingerprint density at radius 2 is 1.91 bits per heavy atom. The molecule has 168 valence electrons. The molecule has 3 rings (SSSR count). The molecule has 0 aliphatic rings. The van der Waals surface area contributed by atoms with Crippen molar-refractivity contribution >= 4 is 75.6 Å². The molecular formula is C19H16Cl3N5O3S2. The zero-order valence-electron chi connectivity index (χ0n) is 16.5. The van der Waals surface area contributed by atoms with Gasteiger partial charge in [0.05, 0.1) is 27.1 Å². The molecule has 2 aromatic carbocycles. The second kappa shape index (κ2) is 11.2. The Kier molecular flexibility index (Phi) is 8.66. The van der Waals surface area contributed by atoms with Crippen molar-refractivity contribution in [3.05, 3.63) is 73.0 Å². The lowest BCUT2D eigenvalue weighted by Gasteiger charge is -2.07. The molecule has 0 saturated heterocycles. The first-order chi connectivity index (χ1) is 15.2. The van der Waals surface area contributed by atoms with Crippen molar-refractivity contribution in [2.45, 2.75) is 16.7 Å². The topological polar surface area (TPSA) is 103 Å². The molecule has 3 aromatic rings. The van der Waals surface area contributed by atoms with Crippen LogP contribution in [0.15, 0.2) is 41.6 Å². The summed E-state index contributed by atoms with van der Waals surface area (Å²) < 4.78 is 1.81. The van der Waals surface area contributed by atoms with E-state index in [1.165, 1.54) is 30.0 Å². The predicted molar refractivity (Wildman–Crippen MR) is 130 cm³/mol. The van der Waals surface area contributed by atoms with E-state index in [1.54, 1.807) is 23.9 Å². The first-order valence-electron chi connectivity index (χ1n) is 9.01. The Hall–Kier alpha value is -1.98. The number of nitrogens with zero attached hydrogens (tertiary/aromatic N) is 4. The fourth-order valence-electron chi connectivity index (χ4n) is 2.53. The number of aromatic nitrogens is 3. The Balaban J connectivity index is 1.52. The van der Waals surface area contributed by atoms with Crippen LogP contribution in [0.2, 0.25) is 15.1 Å². The van der Waals surface area contributed by atoms with E-state index in [9.17, 15) is 14.9 Å². The number of carbonyl (C=O) groups is 1. The Bertz CT molecular complexity index is 1160. The van der Waals surface area contributed by atoms with Crippen LogP contribution < -0.4 is 5.32 Å². The van der Waals surface area contributed by atoms with E-state index in [-0.39, 0.29) is 28.1 Å². The van der Waals surface area contributed by atoms with E-state index in [0.29, 0.717) is 26.7 Å². The van der Waals surface area contributed by atoms with Gasteiger partial charge in [0.2, 0.25) is 5.91 Å². The van der Waals surface area contributed by atoms with Gasteiger partial charge in [-0.15, -0.1) is 22.0 Å². The molecule has 1 heterocycles. The fourth-order valence-corrected chi connectivity index (χ4v) is 4.98. The standard InChI is InChI=1S/C19H16Cl3N5O3S2/c1-26-17(9-31-8-11-2-3-12(20)6-15(11)22)24-25-19(26)32-10-18(28)23-16-7-13(27(29)30)4-5-14(16)21/h2-7H,8-10H2,1H3,(H,23,28). The van der Waals surface area contributed by atoms with Crippen molar-refractivity contribution in [1.82, 2.24) is 14.8 Å². The third kappa shape index (κ3) is 6.52. The number of anilines is 1. The Labute approximate surface area is 207 Å². The number of amides is 1. The summed E-state index contributed by atoms with van der Waals surface area (Å²) in [6, 6.07) is 9.25. The second-order valence-corrected chi connectivity index (χ2v) is 9.62. The van der Waals surface area contributed by atoms with Gasteiger partial charge in [-0.05, 0) is 23.8 Å². The zero-order valence-corrected chi connectivity index (χ0v) is 20.5. The largest absolute Gasteiger partial charge is 0.324 e. The Morgan fingerprint density at radius 3 is 2.62 bits per heavy atom. The number of carbonyl (C=O) groups excluding carboxylic acids is 1. The summed E-state index contributed by atoms with van der Waals surface area (Å²) in [4.78, 5) is 22.6. The van der Waals surface area contributed by atoms with Gasteiger partial charge < -0.3 is 9.88 Å².